The summed E-state index contributed by atoms with van der Waals surface area (Å²) in [6.45, 7) is 5.57. The molecule has 3 atom stereocenters. The third-order valence-electron chi connectivity index (χ3n) is 5.90. The fourth-order valence-electron chi connectivity index (χ4n) is 4.58. The lowest BCUT2D eigenvalue weighted by molar-refractivity contribution is -0.134. The van der Waals surface area contributed by atoms with Crippen molar-refractivity contribution in [3.05, 3.63) is 58.4 Å². The minimum atomic E-state index is -1.05. The Morgan fingerprint density at radius 1 is 1.16 bits per heavy atom. The molecule has 7 nitrogen and oxygen atoms in total. The van der Waals surface area contributed by atoms with Crippen LogP contribution in [0.1, 0.15) is 54.2 Å². The first-order chi connectivity index (χ1) is 15.1. The molecule has 2 N–H and O–H groups in total. The van der Waals surface area contributed by atoms with E-state index in [1.165, 1.54) is 19.1 Å². The number of rotatable bonds is 4. The van der Waals surface area contributed by atoms with Gasteiger partial charge in [0.15, 0.2) is 0 Å². The minimum Gasteiger partial charge on any atom is -0.358 e. The molecule has 168 valence electrons. The van der Waals surface area contributed by atoms with Gasteiger partial charge in [-0.2, -0.15) is 0 Å². The first kappa shape index (κ1) is 21.9. The van der Waals surface area contributed by atoms with E-state index in [0.29, 0.717) is 17.9 Å². The van der Waals surface area contributed by atoms with Crippen molar-refractivity contribution in [3.63, 3.8) is 0 Å². The molecule has 2 fully saturated rings. The van der Waals surface area contributed by atoms with Crippen molar-refractivity contribution in [3.8, 4) is 0 Å². The second-order valence-corrected chi connectivity index (χ2v) is 8.44. The number of aryl methyl sites for hydroxylation is 2. The van der Waals surface area contributed by atoms with E-state index in [-0.39, 0.29) is 30.4 Å². The molecule has 2 saturated heterocycles. The van der Waals surface area contributed by atoms with Crippen LogP contribution in [0.15, 0.2) is 24.3 Å². The summed E-state index contributed by atoms with van der Waals surface area (Å²) in [5, 5.41) is 5.01. The number of nitrogens with zero attached hydrogens (tertiary/aromatic N) is 2. The van der Waals surface area contributed by atoms with Gasteiger partial charge in [0.2, 0.25) is 17.7 Å². The van der Waals surface area contributed by atoms with Gasteiger partial charge in [-0.1, -0.05) is 0 Å². The van der Waals surface area contributed by atoms with Crippen molar-refractivity contribution in [2.45, 2.75) is 51.6 Å². The normalized spacial score (nSPS) is 22.9. The fraction of sp³-hybridized carbons (Fsp3) is 0.391. The average molecular weight is 442 g/mol. The number of aromatic nitrogens is 1. The maximum atomic E-state index is 15.0. The largest absolute Gasteiger partial charge is 0.358 e. The number of pyridine rings is 1. The van der Waals surface area contributed by atoms with E-state index >= 15 is 8.78 Å². The molecule has 9 heteroatoms. The third kappa shape index (κ3) is 4.06. The molecule has 2 aliphatic rings. The van der Waals surface area contributed by atoms with Crippen molar-refractivity contribution in [1.29, 1.82) is 0 Å². The first-order valence-electron chi connectivity index (χ1n) is 10.5. The van der Waals surface area contributed by atoms with Gasteiger partial charge >= 0.3 is 0 Å². The summed E-state index contributed by atoms with van der Waals surface area (Å²) >= 11 is 0. The number of carbonyl (C=O) groups is 3. The Bertz CT molecular complexity index is 1080. The molecular formula is C23H24F2N4O3. The van der Waals surface area contributed by atoms with Gasteiger partial charge in [-0.15, -0.1) is 0 Å². The van der Waals surface area contributed by atoms with Gasteiger partial charge in [-0.25, -0.2) is 8.78 Å². The number of imide groups is 1. The molecule has 3 heterocycles. The van der Waals surface area contributed by atoms with Crippen molar-refractivity contribution in [2.75, 3.05) is 11.4 Å². The van der Waals surface area contributed by atoms with Crippen LogP contribution in [0.5, 0.6) is 0 Å². The maximum Gasteiger partial charge on any atom is 0.234 e. The summed E-state index contributed by atoms with van der Waals surface area (Å²) in [5.74, 6) is -4.08. The molecule has 1 aromatic heterocycles. The van der Waals surface area contributed by atoms with Gasteiger partial charge in [0.1, 0.15) is 11.6 Å². The van der Waals surface area contributed by atoms with Crippen LogP contribution in [0.25, 0.3) is 0 Å². The lowest BCUT2D eigenvalue weighted by atomic mass is 9.88. The highest BCUT2D eigenvalue weighted by molar-refractivity contribution is 6.01. The van der Waals surface area contributed by atoms with E-state index in [1.807, 2.05) is 26.0 Å². The summed E-state index contributed by atoms with van der Waals surface area (Å²) in [4.78, 5) is 41.5. The summed E-state index contributed by atoms with van der Waals surface area (Å²) in [5.41, 5.74) is 2.45. The zero-order valence-electron chi connectivity index (χ0n) is 18.0. The van der Waals surface area contributed by atoms with E-state index in [0.717, 1.165) is 11.3 Å². The fourth-order valence-corrected chi connectivity index (χ4v) is 4.58. The number of halogens is 2. The summed E-state index contributed by atoms with van der Waals surface area (Å²) in [6, 6.07) is 5.56. The molecule has 32 heavy (non-hydrogen) atoms. The molecule has 0 spiro atoms. The van der Waals surface area contributed by atoms with E-state index in [4.69, 9.17) is 0 Å². The predicted octanol–water partition coefficient (Wildman–Crippen LogP) is 2.56. The van der Waals surface area contributed by atoms with Crippen LogP contribution in [0.4, 0.5) is 14.5 Å². The van der Waals surface area contributed by atoms with Gasteiger partial charge in [0.05, 0.1) is 23.7 Å². The van der Waals surface area contributed by atoms with Crippen LogP contribution in [0.2, 0.25) is 0 Å². The Balaban J connectivity index is 1.68. The maximum absolute atomic E-state index is 15.0. The molecule has 0 bridgehead atoms. The van der Waals surface area contributed by atoms with Crippen LogP contribution in [-0.2, 0) is 14.4 Å². The standard InChI is InChI=1S/C23H24F2N4O3/c1-11-6-12(2)26-18(7-11)22-19(27-13(3)30)10-29(22)14-8-16(24)21(17(25)9-14)15-4-5-20(31)28-23(15)32/h6-9,15,19,22H,4-5,10H2,1-3H3,(H,27,30)(H,28,31,32). The van der Waals surface area contributed by atoms with Gasteiger partial charge in [0, 0.05) is 36.8 Å². The second kappa shape index (κ2) is 8.29. The Morgan fingerprint density at radius 2 is 1.84 bits per heavy atom. The zero-order chi connectivity index (χ0) is 23.2. The van der Waals surface area contributed by atoms with Crippen LogP contribution in [0.3, 0.4) is 0 Å². The Morgan fingerprint density at radius 3 is 2.44 bits per heavy atom. The number of piperidine rings is 1. The smallest absolute Gasteiger partial charge is 0.234 e. The molecule has 2 aliphatic heterocycles. The van der Waals surface area contributed by atoms with Gasteiger partial charge in [0.25, 0.3) is 0 Å². The number of anilines is 1. The molecule has 1 aromatic carbocycles. The molecule has 2 aromatic rings. The van der Waals surface area contributed by atoms with Crippen LogP contribution >= 0.6 is 0 Å². The van der Waals surface area contributed by atoms with Gasteiger partial charge < -0.3 is 10.2 Å². The van der Waals surface area contributed by atoms with Crippen LogP contribution in [-0.4, -0.2) is 35.3 Å². The zero-order valence-corrected chi connectivity index (χ0v) is 18.0. The van der Waals surface area contributed by atoms with Crippen LogP contribution in [0, 0.1) is 25.5 Å². The lowest BCUT2D eigenvalue weighted by Gasteiger charge is -2.49. The molecule has 0 aliphatic carbocycles. The molecule has 0 radical (unpaired) electrons. The number of benzene rings is 1. The second-order valence-electron chi connectivity index (χ2n) is 8.44. The third-order valence-corrected chi connectivity index (χ3v) is 5.90. The highest BCUT2D eigenvalue weighted by atomic mass is 19.1. The molecule has 3 amide bonds. The van der Waals surface area contributed by atoms with E-state index in [2.05, 4.69) is 15.6 Å². The highest BCUT2D eigenvalue weighted by Gasteiger charge is 2.43. The molecule has 3 unspecified atom stereocenters. The number of carbonyl (C=O) groups excluding carboxylic acids is 3. The Hall–Kier alpha value is -3.36. The van der Waals surface area contributed by atoms with Crippen molar-refractivity contribution in [1.82, 2.24) is 15.6 Å². The summed E-state index contributed by atoms with van der Waals surface area (Å²) in [7, 11) is 0. The quantitative estimate of drug-likeness (QED) is 0.711. The molecule has 0 saturated carbocycles. The lowest BCUT2D eigenvalue weighted by Crippen LogP contribution is -2.61. The van der Waals surface area contributed by atoms with E-state index < -0.39 is 35.4 Å². The summed E-state index contributed by atoms with van der Waals surface area (Å²) in [6.07, 6.45) is 0.0866. The van der Waals surface area contributed by atoms with E-state index in [9.17, 15) is 14.4 Å². The topological polar surface area (TPSA) is 91.4 Å². The monoisotopic (exact) mass is 442 g/mol. The number of hydrogen-bond donors (Lipinski definition) is 2. The molecular weight excluding hydrogens is 418 g/mol. The highest BCUT2D eigenvalue weighted by Crippen LogP contribution is 2.40. The minimum absolute atomic E-state index is 0.0298. The van der Waals surface area contributed by atoms with Crippen molar-refractivity contribution in [2.24, 2.45) is 0 Å². The Kier molecular flexibility index (Phi) is 5.66. The predicted molar refractivity (Wildman–Crippen MR) is 113 cm³/mol. The van der Waals surface area contributed by atoms with E-state index in [1.54, 1.807) is 4.90 Å². The SMILES string of the molecule is CC(=O)NC1CN(c2cc(F)c(C3CCC(=O)NC3=O)c(F)c2)C1c1cc(C)cc(C)n1. The number of amides is 3. The van der Waals surface area contributed by atoms with Crippen LogP contribution < -0.4 is 15.5 Å². The average Bonchev–Trinajstić information content (AvgIpc) is 2.64. The Labute approximate surface area is 184 Å². The first-order valence-corrected chi connectivity index (χ1v) is 10.5. The summed E-state index contributed by atoms with van der Waals surface area (Å²) < 4.78 is 30.1. The van der Waals surface area contributed by atoms with Crippen molar-refractivity contribution < 1.29 is 23.2 Å². The van der Waals surface area contributed by atoms with Gasteiger partial charge in [-0.05, 0) is 50.1 Å². The molecule has 4 rings (SSSR count). The van der Waals surface area contributed by atoms with Crippen molar-refractivity contribution >= 4 is 23.4 Å². The number of nitrogens with one attached hydrogen (secondary N) is 2. The van der Waals surface area contributed by atoms with Gasteiger partial charge in [-0.3, -0.25) is 24.7 Å². The number of hydrogen-bond acceptors (Lipinski definition) is 5.